The van der Waals surface area contributed by atoms with Crippen LogP contribution in [-0.2, 0) is 61.9 Å². The smallest absolute Gasteiger partial charge is 0.305 e. The van der Waals surface area contributed by atoms with Gasteiger partial charge in [-0.1, -0.05) is 0 Å². The van der Waals surface area contributed by atoms with E-state index in [1.54, 1.807) is 0 Å². The van der Waals surface area contributed by atoms with Gasteiger partial charge in [-0.3, -0.25) is 22.7 Å². The van der Waals surface area contributed by atoms with Crippen LogP contribution in [0.2, 0.25) is 0 Å². The summed E-state index contributed by atoms with van der Waals surface area (Å²) in [6, 6.07) is 0. The first-order valence-electron chi connectivity index (χ1n) is 7.99. The highest BCUT2D eigenvalue weighted by molar-refractivity contribution is 7.86. The highest BCUT2D eigenvalue weighted by Gasteiger charge is 2.53. The quantitative estimate of drug-likeness (QED) is 0.231. The molecule has 0 saturated carbocycles. The second kappa shape index (κ2) is 9.80. The summed E-state index contributed by atoms with van der Waals surface area (Å²) in [5.74, 6) is -2.68. The van der Waals surface area contributed by atoms with Crippen molar-refractivity contribution in [3.05, 3.63) is 0 Å². The third-order valence-corrected chi connectivity index (χ3v) is 4.35. The summed E-state index contributed by atoms with van der Waals surface area (Å²) < 4.78 is 75.9. The molecule has 1 heterocycles. The van der Waals surface area contributed by atoms with E-state index in [4.69, 9.17) is 23.1 Å². The fraction of sp³-hybridized carbons (Fsp3) is 0.786. The minimum absolute atomic E-state index is 0.686. The van der Waals surface area contributed by atoms with Crippen molar-refractivity contribution in [2.24, 2.45) is 0 Å². The molecule has 0 spiro atoms. The molecule has 1 aliphatic heterocycles. The predicted molar refractivity (Wildman–Crippen MR) is 92.0 cm³/mol. The predicted octanol–water partition coefficient (Wildman–Crippen LogP) is -1.54. The molecule has 13 nitrogen and oxygen atoms in total. The van der Waals surface area contributed by atoms with Gasteiger partial charge in [-0.05, 0) is 0 Å². The molecule has 29 heavy (non-hydrogen) atoms. The Morgan fingerprint density at radius 1 is 0.759 bits per heavy atom. The molecule has 0 N–H and O–H groups in total. The highest BCUT2D eigenvalue weighted by Crippen LogP contribution is 2.30. The Morgan fingerprint density at radius 3 is 1.66 bits per heavy atom. The molecule has 5 atom stereocenters. The monoisotopic (exact) mass is 462 g/mol. The van der Waals surface area contributed by atoms with E-state index in [0.717, 1.165) is 27.0 Å². The van der Waals surface area contributed by atoms with Crippen LogP contribution < -0.4 is 0 Å². The van der Waals surface area contributed by atoms with Gasteiger partial charge in [-0.15, -0.1) is 0 Å². The summed E-state index contributed by atoms with van der Waals surface area (Å²) in [7, 11) is -8.19. The van der Waals surface area contributed by atoms with E-state index < -0.39 is 75.5 Å². The Labute approximate surface area is 167 Å². The lowest BCUT2D eigenvalue weighted by Gasteiger charge is -2.43. The molecule has 1 aliphatic rings. The summed E-state index contributed by atoms with van der Waals surface area (Å²) in [5.41, 5.74) is 0. The van der Waals surface area contributed by atoms with Crippen molar-refractivity contribution in [3.63, 3.8) is 0 Å². The minimum Gasteiger partial charge on any atom is -0.455 e. The number of carbonyl (C=O) groups excluding carboxylic acids is 3. The number of hydrogen-bond acceptors (Lipinski definition) is 13. The largest absolute Gasteiger partial charge is 0.455 e. The van der Waals surface area contributed by atoms with Gasteiger partial charge in [0.1, 0.15) is 12.2 Å². The molecular weight excluding hydrogens is 440 g/mol. The first-order chi connectivity index (χ1) is 13.1. The van der Waals surface area contributed by atoms with Crippen LogP contribution in [0.15, 0.2) is 0 Å². The van der Waals surface area contributed by atoms with Crippen molar-refractivity contribution in [3.8, 4) is 0 Å². The molecule has 168 valence electrons. The summed E-state index contributed by atoms with van der Waals surface area (Å²) >= 11 is 0. The SMILES string of the molecule is CC(=O)O[C@@H]1O[C@H](COS(C)(=O)=O)[C@@H](OS(C)(=O)=O)[C@H](OC(C)=O)[C@H]1OC(C)=O. The van der Waals surface area contributed by atoms with E-state index in [1.165, 1.54) is 0 Å². The lowest BCUT2D eigenvalue weighted by Crippen LogP contribution is -2.63. The number of hydrogen-bond donors (Lipinski definition) is 0. The second-order valence-corrected chi connectivity index (χ2v) is 9.30. The first-order valence-corrected chi connectivity index (χ1v) is 11.6. The van der Waals surface area contributed by atoms with Gasteiger partial charge in [0.15, 0.2) is 6.10 Å². The van der Waals surface area contributed by atoms with Gasteiger partial charge < -0.3 is 18.9 Å². The fourth-order valence-corrected chi connectivity index (χ4v) is 3.44. The van der Waals surface area contributed by atoms with Crippen molar-refractivity contribution in [2.75, 3.05) is 19.1 Å². The molecule has 1 saturated heterocycles. The molecule has 0 radical (unpaired) electrons. The number of rotatable bonds is 8. The van der Waals surface area contributed by atoms with Crippen molar-refractivity contribution >= 4 is 38.1 Å². The molecule has 0 aromatic carbocycles. The van der Waals surface area contributed by atoms with E-state index in [1.807, 2.05) is 0 Å². The maximum absolute atomic E-state index is 11.7. The van der Waals surface area contributed by atoms with Gasteiger partial charge in [0, 0.05) is 20.8 Å². The third kappa shape index (κ3) is 9.03. The average molecular weight is 462 g/mol. The average Bonchev–Trinajstić information content (AvgIpc) is 2.48. The van der Waals surface area contributed by atoms with E-state index >= 15 is 0 Å². The third-order valence-electron chi connectivity index (χ3n) is 3.21. The highest BCUT2D eigenvalue weighted by atomic mass is 32.2. The Kier molecular flexibility index (Phi) is 8.52. The van der Waals surface area contributed by atoms with Crippen LogP contribution in [0.1, 0.15) is 20.8 Å². The van der Waals surface area contributed by atoms with Gasteiger partial charge in [-0.2, -0.15) is 16.8 Å². The molecule has 0 aliphatic carbocycles. The van der Waals surface area contributed by atoms with E-state index in [-0.39, 0.29) is 0 Å². The van der Waals surface area contributed by atoms with Crippen LogP contribution in [0.3, 0.4) is 0 Å². The van der Waals surface area contributed by atoms with E-state index in [9.17, 15) is 31.2 Å². The molecule has 0 bridgehead atoms. The van der Waals surface area contributed by atoms with Crippen molar-refractivity contribution in [1.82, 2.24) is 0 Å². The number of carbonyl (C=O) groups is 3. The zero-order chi connectivity index (χ0) is 22.6. The standard InChI is InChI=1S/C14H22O13S2/c1-7(15)23-12-11(27-29(5,20)21)10(6-22-28(4,18)19)26-14(25-9(3)17)13(12)24-8(2)16/h10-14H,6H2,1-5H3/t10-,11-,12+,13-,14-/m1/s1. The van der Waals surface area contributed by atoms with Crippen LogP contribution in [0.4, 0.5) is 0 Å². The zero-order valence-electron chi connectivity index (χ0n) is 16.2. The molecule has 0 unspecified atom stereocenters. The number of ether oxygens (including phenoxy) is 4. The van der Waals surface area contributed by atoms with Crippen molar-refractivity contribution in [1.29, 1.82) is 0 Å². The van der Waals surface area contributed by atoms with Crippen LogP contribution in [0.5, 0.6) is 0 Å². The van der Waals surface area contributed by atoms with Gasteiger partial charge in [-0.25, -0.2) is 0 Å². The zero-order valence-corrected chi connectivity index (χ0v) is 17.9. The van der Waals surface area contributed by atoms with Gasteiger partial charge in [0.2, 0.25) is 12.4 Å². The normalized spacial score (nSPS) is 27.7. The van der Waals surface area contributed by atoms with Crippen LogP contribution in [0, 0.1) is 0 Å². The summed E-state index contributed by atoms with van der Waals surface area (Å²) in [6.45, 7) is 2.22. The van der Waals surface area contributed by atoms with Crippen LogP contribution >= 0.6 is 0 Å². The van der Waals surface area contributed by atoms with Gasteiger partial charge in [0.05, 0.1) is 19.1 Å². The molecule has 0 amide bonds. The van der Waals surface area contributed by atoms with Crippen LogP contribution in [-0.4, -0.2) is 84.6 Å². The summed E-state index contributed by atoms with van der Waals surface area (Å²) in [6.07, 6.45) is -6.71. The molecule has 0 aromatic heterocycles. The Bertz CT molecular complexity index is 832. The Morgan fingerprint density at radius 2 is 1.24 bits per heavy atom. The number of esters is 3. The van der Waals surface area contributed by atoms with Crippen molar-refractivity contribution in [2.45, 2.75) is 51.5 Å². The second-order valence-electron chi connectivity index (χ2n) is 6.05. The Hall–Kier alpha value is -1.81. The maximum Gasteiger partial charge on any atom is 0.305 e. The summed E-state index contributed by atoms with van der Waals surface area (Å²) in [4.78, 5) is 34.4. The first kappa shape index (κ1) is 25.2. The fourth-order valence-electron chi connectivity index (χ4n) is 2.42. The topological polar surface area (TPSA) is 175 Å². The van der Waals surface area contributed by atoms with E-state index in [0.29, 0.717) is 6.26 Å². The molecule has 1 rings (SSSR count). The maximum atomic E-state index is 11.7. The summed E-state index contributed by atoms with van der Waals surface area (Å²) in [5, 5.41) is 0. The van der Waals surface area contributed by atoms with Gasteiger partial charge in [0.25, 0.3) is 20.2 Å². The lowest BCUT2D eigenvalue weighted by molar-refractivity contribution is -0.292. The van der Waals surface area contributed by atoms with Crippen LogP contribution in [0.25, 0.3) is 0 Å². The molecular formula is C14H22O13S2. The molecule has 15 heteroatoms. The molecule has 1 fully saturated rings. The molecule has 0 aromatic rings. The van der Waals surface area contributed by atoms with E-state index in [2.05, 4.69) is 4.18 Å². The lowest BCUT2D eigenvalue weighted by atomic mass is 9.98. The minimum atomic E-state index is -4.20. The van der Waals surface area contributed by atoms with Crippen molar-refractivity contribution < 1.29 is 58.5 Å². The van der Waals surface area contributed by atoms with Gasteiger partial charge >= 0.3 is 17.9 Å². The Balaban J connectivity index is 3.42.